The van der Waals surface area contributed by atoms with E-state index in [2.05, 4.69) is 16.9 Å². The normalized spacial score (nSPS) is 11.7. The number of methoxy groups -OCH3 is 1. The predicted molar refractivity (Wildman–Crippen MR) is 56.9 cm³/mol. The van der Waals surface area contributed by atoms with E-state index in [0.29, 0.717) is 0 Å². The molecule has 0 aromatic carbocycles. The summed E-state index contributed by atoms with van der Waals surface area (Å²) in [5, 5.41) is 0. The highest BCUT2D eigenvalue weighted by Crippen LogP contribution is 2.20. The van der Waals surface area contributed by atoms with Crippen LogP contribution >= 0.6 is 0 Å². The molecule has 0 aliphatic heterocycles. The molecule has 0 saturated heterocycles. The van der Waals surface area contributed by atoms with E-state index in [0.717, 1.165) is 23.8 Å². The van der Waals surface area contributed by atoms with Gasteiger partial charge >= 0.3 is 15.6 Å². The third-order valence-electron chi connectivity index (χ3n) is 1.70. The van der Waals surface area contributed by atoms with Gasteiger partial charge in [-0.1, -0.05) is 6.92 Å². The molecule has 2 N–H and O–H groups in total. The quantitative estimate of drug-likeness (QED) is 0.638. The lowest BCUT2D eigenvalue weighted by molar-refractivity contribution is -0.0510. The van der Waals surface area contributed by atoms with E-state index < -0.39 is 15.6 Å². The number of aromatic amines is 1. The molecule has 10 heteroatoms. The van der Waals surface area contributed by atoms with Gasteiger partial charge in [0.25, 0.3) is 0 Å². The smallest absolute Gasteiger partial charge is 0.480 e. The van der Waals surface area contributed by atoms with Gasteiger partial charge in [-0.15, -0.1) is 0 Å². The van der Waals surface area contributed by atoms with Crippen molar-refractivity contribution < 1.29 is 30.9 Å². The minimum absolute atomic E-state index is 0.722. The van der Waals surface area contributed by atoms with Crippen LogP contribution in [0.25, 0.3) is 0 Å². The molecule has 1 aromatic rings. The summed E-state index contributed by atoms with van der Waals surface area (Å²) in [6, 6.07) is 0. The molecule has 0 bridgehead atoms. The van der Waals surface area contributed by atoms with Gasteiger partial charge in [-0.2, -0.15) is 26.6 Å². The van der Waals surface area contributed by atoms with Gasteiger partial charge in [0.05, 0.1) is 12.8 Å². The largest absolute Gasteiger partial charge is 0.522 e. The van der Waals surface area contributed by atoms with E-state index >= 15 is 0 Å². The maximum atomic E-state index is 10.7. The molecule has 0 spiro atoms. The molecule has 0 unspecified atom stereocenters. The van der Waals surface area contributed by atoms with Crippen molar-refractivity contribution in [3.05, 3.63) is 11.5 Å². The van der Waals surface area contributed by atoms with Crippen LogP contribution in [0.15, 0.2) is 0 Å². The molecule has 1 aromatic heterocycles. The van der Waals surface area contributed by atoms with Crippen LogP contribution in [0.4, 0.5) is 13.2 Å². The Hall–Kier alpha value is -1.29. The van der Waals surface area contributed by atoms with Crippen LogP contribution < -0.4 is 4.74 Å². The Bertz CT molecular complexity index is 460. The van der Waals surface area contributed by atoms with E-state index in [1.54, 1.807) is 7.11 Å². The Kier molecular flexibility index (Phi) is 5.61. The second-order valence-corrected chi connectivity index (χ2v) is 4.50. The first-order chi connectivity index (χ1) is 8.02. The van der Waals surface area contributed by atoms with E-state index in [1.165, 1.54) is 0 Å². The van der Waals surface area contributed by atoms with Gasteiger partial charge in [0.2, 0.25) is 5.88 Å². The van der Waals surface area contributed by atoms with Crippen molar-refractivity contribution in [3.8, 4) is 5.88 Å². The van der Waals surface area contributed by atoms with Crippen molar-refractivity contribution >= 4 is 10.1 Å². The summed E-state index contributed by atoms with van der Waals surface area (Å²) in [5.74, 6) is 1.63. The van der Waals surface area contributed by atoms with E-state index in [9.17, 15) is 13.2 Å². The van der Waals surface area contributed by atoms with Crippen molar-refractivity contribution in [2.75, 3.05) is 7.11 Å². The molecule has 18 heavy (non-hydrogen) atoms. The first kappa shape index (κ1) is 16.7. The van der Waals surface area contributed by atoms with Crippen molar-refractivity contribution in [1.29, 1.82) is 0 Å². The minimum atomic E-state index is -5.84. The molecule has 1 heterocycles. The zero-order valence-corrected chi connectivity index (χ0v) is 10.7. The number of aryl methyl sites for hydroxylation is 2. The molecule has 0 saturated carbocycles. The fourth-order valence-electron chi connectivity index (χ4n) is 0.928. The molecule has 0 atom stereocenters. The first-order valence-electron chi connectivity index (χ1n) is 4.66. The maximum absolute atomic E-state index is 10.7. The van der Waals surface area contributed by atoms with Gasteiger partial charge in [0.1, 0.15) is 5.82 Å². The second kappa shape index (κ2) is 6.05. The highest BCUT2D eigenvalue weighted by molar-refractivity contribution is 7.86. The van der Waals surface area contributed by atoms with Crippen LogP contribution in [0, 0.1) is 6.92 Å². The number of rotatable bonds is 2. The fraction of sp³-hybridized carbons (Fsp3) is 0.625. The number of H-pyrrole nitrogens is 1. The van der Waals surface area contributed by atoms with Crippen molar-refractivity contribution in [1.82, 2.24) is 9.97 Å². The average Bonchev–Trinajstić information content (AvgIpc) is 2.56. The lowest BCUT2D eigenvalue weighted by atomic mass is 10.4. The predicted octanol–water partition coefficient (Wildman–Crippen LogP) is 1.68. The number of alkyl halides is 3. The highest BCUT2D eigenvalue weighted by Gasteiger charge is 2.44. The number of nitrogens with zero attached hydrogens (tertiary/aromatic N) is 1. The monoisotopic (exact) mass is 290 g/mol. The molecule has 106 valence electrons. The zero-order valence-electron chi connectivity index (χ0n) is 9.87. The molecule has 6 nitrogen and oxygen atoms in total. The SMILES string of the molecule is CCc1[nH]c(C)nc1OC.O=S(=O)(O)C(F)(F)F. The lowest BCUT2D eigenvalue weighted by Gasteiger charge is -1.97. The Morgan fingerprint density at radius 1 is 1.44 bits per heavy atom. The molecule has 0 radical (unpaired) electrons. The van der Waals surface area contributed by atoms with Gasteiger partial charge in [0.15, 0.2) is 0 Å². The topological polar surface area (TPSA) is 92.3 Å². The number of hydrogen-bond donors (Lipinski definition) is 2. The van der Waals surface area contributed by atoms with Crippen LogP contribution in [0.1, 0.15) is 18.4 Å². The first-order valence-corrected chi connectivity index (χ1v) is 6.10. The van der Waals surface area contributed by atoms with Gasteiger partial charge < -0.3 is 9.72 Å². The summed E-state index contributed by atoms with van der Waals surface area (Å²) in [6.07, 6.45) is 0.935. The number of aromatic nitrogens is 2. The van der Waals surface area contributed by atoms with Gasteiger partial charge in [-0.05, 0) is 13.3 Å². The van der Waals surface area contributed by atoms with Crippen LogP contribution in [0.3, 0.4) is 0 Å². The summed E-state index contributed by atoms with van der Waals surface area (Å²) in [5.41, 5.74) is -4.47. The maximum Gasteiger partial charge on any atom is 0.522 e. The number of imidazole rings is 1. The van der Waals surface area contributed by atoms with E-state index in [1.807, 2.05) is 6.92 Å². The fourth-order valence-corrected chi connectivity index (χ4v) is 0.928. The number of ether oxygens (including phenoxy) is 1. The summed E-state index contributed by atoms with van der Waals surface area (Å²) in [4.78, 5) is 7.23. The van der Waals surface area contributed by atoms with Crippen LogP contribution in [0.5, 0.6) is 5.88 Å². The van der Waals surface area contributed by atoms with Gasteiger partial charge in [-0.3, -0.25) is 4.55 Å². The Morgan fingerprint density at radius 3 is 2.11 bits per heavy atom. The number of halogens is 3. The summed E-state index contributed by atoms with van der Waals surface area (Å²) in [6.45, 7) is 3.98. The van der Waals surface area contributed by atoms with Gasteiger partial charge in [-0.25, -0.2) is 0 Å². The van der Waals surface area contributed by atoms with Crippen molar-refractivity contribution in [2.24, 2.45) is 0 Å². The zero-order chi connectivity index (χ0) is 14.6. The molecular weight excluding hydrogens is 277 g/mol. The van der Waals surface area contributed by atoms with Crippen molar-refractivity contribution in [3.63, 3.8) is 0 Å². The molecule has 0 amide bonds. The van der Waals surface area contributed by atoms with Crippen LogP contribution in [0.2, 0.25) is 0 Å². The Morgan fingerprint density at radius 2 is 1.89 bits per heavy atom. The minimum Gasteiger partial charge on any atom is -0.480 e. The van der Waals surface area contributed by atoms with Gasteiger partial charge in [0, 0.05) is 0 Å². The Balaban J connectivity index is 0.000000331. The second-order valence-electron chi connectivity index (χ2n) is 3.08. The van der Waals surface area contributed by atoms with Crippen LogP contribution in [-0.4, -0.2) is 35.6 Å². The van der Waals surface area contributed by atoms with E-state index in [4.69, 9.17) is 17.7 Å². The Labute approximate surface area is 102 Å². The summed E-state index contributed by atoms with van der Waals surface area (Å²) < 4.78 is 62.6. The van der Waals surface area contributed by atoms with Crippen LogP contribution in [-0.2, 0) is 16.5 Å². The summed E-state index contributed by atoms with van der Waals surface area (Å²) in [7, 11) is -4.21. The lowest BCUT2D eigenvalue weighted by Crippen LogP contribution is -2.21. The molecule has 0 aliphatic rings. The van der Waals surface area contributed by atoms with Crippen molar-refractivity contribution in [2.45, 2.75) is 25.8 Å². The molecular formula is C8H13F3N2O4S. The molecule has 0 aliphatic carbocycles. The number of hydrogen-bond acceptors (Lipinski definition) is 4. The standard InChI is InChI=1S/C7H12N2O.CHF3O3S/c1-4-6-7(10-3)9-5(2)8-6;2-1(3,4)8(5,6)7/h4H2,1-3H3,(H,8,9);(H,5,6,7). The average molecular weight is 290 g/mol. The molecule has 1 rings (SSSR count). The summed E-state index contributed by atoms with van der Waals surface area (Å²) >= 11 is 0. The number of nitrogens with one attached hydrogen (secondary N) is 1. The molecule has 0 fully saturated rings. The third kappa shape index (κ3) is 4.92. The van der Waals surface area contributed by atoms with E-state index in [-0.39, 0.29) is 0 Å². The third-order valence-corrected chi connectivity index (χ3v) is 2.28. The highest BCUT2D eigenvalue weighted by atomic mass is 32.2.